The van der Waals surface area contributed by atoms with E-state index in [4.69, 9.17) is 18.9 Å². The highest BCUT2D eigenvalue weighted by Gasteiger charge is 2.49. The zero-order valence-electron chi connectivity index (χ0n) is 19.8. The summed E-state index contributed by atoms with van der Waals surface area (Å²) in [5, 5.41) is 34.8. The first-order chi connectivity index (χ1) is 17.3. The molecule has 0 aromatic heterocycles. The van der Waals surface area contributed by atoms with E-state index in [0.717, 1.165) is 0 Å². The minimum Gasteiger partial charge on any atom is -0.428 e. The number of esters is 1. The first kappa shape index (κ1) is 26.0. The summed E-state index contributed by atoms with van der Waals surface area (Å²) in [5.41, 5.74) is 1.34. The monoisotopic (exact) mass is 499 g/mol. The number of rotatable bonds is 8. The Morgan fingerprint density at radius 1 is 1.06 bits per heavy atom. The Bertz CT molecular complexity index is 1090. The van der Waals surface area contributed by atoms with Crippen LogP contribution in [0.3, 0.4) is 0 Å². The van der Waals surface area contributed by atoms with E-state index >= 15 is 0 Å². The Hall–Kier alpha value is -3.12. The van der Waals surface area contributed by atoms with E-state index in [2.05, 4.69) is 5.32 Å². The van der Waals surface area contributed by atoms with Gasteiger partial charge in [0.1, 0.15) is 30.5 Å². The van der Waals surface area contributed by atoms with Gasteiger partial charge in [0.25, 0.3) is 0 Å². The number of hydrogen-bond donors (Lipinski definition) is 4. The van der Waals surface area contributed by atoms with Gasteiger partial charge in [-0.25, -0.2) is 4.79 Å². The Labute approximate surface area is 208 Å². The summed E-state index contributed by atoms with van der Waals surface area (Å²) in [6.45, 7) is 1.19. The molecule has 2 aliphatic heterocycles. The summed E-state index contributed by atoms with van der Waals surface area (Å²) in [6, 6.07) is 16.3. The normalized spacial score (nSPS) is 29.1. The number of aliphatic hydroxyl groups is 3. The standard InChI is InChI=1S/C26H29NO9/c1-14(28)27-20-23(31)22(30)17(13-33-2)34-26(20)36-25-18(15-9-5-3-6-10-15)19(24(32)35-25)21(29)16-11-7-4-8-12-16/h3-12,17,20-23,25-26,29-31H,13H2,1-2H3,(H,27,28)/t17-,20-,21+,22-,23-,25-,26-/m1/s1. The first-order valence-corrected chi connectivity index (χ1v) is 11.5. The van der Waals surface area contributed by atoms with Crippen LogP contribution in [0.25, 0.3) is 5.57 Å². The molecule has 2 aromatic carbocycles. The second-order valence-corrected chi connectivity index (χ2v) is 8.59. The van der Waals surface area contributed by atoms with Gasteiger partial charge >= 0.3 is 5.97 Å². The van der Waals surface area contributed by atoms with Crippen molar-refractivity contribution in [3.63, 3.8) is 0 Å². The Kier molecular flexibility index (Phi) is 8.14. The zero-order valence-corrected chi connectivity index (χ0v) is 19.8. The van der Waals surface area contributed by atoms with Crippen molar-refractivity contribution < 1.29 is 43.9 Å². The SMILES string of the molecule is COC[C@H]1O[C@H](O[C@H]2OC(=O)C([C@@H](O)c3ccccc3)=C2c2ccccc2)[C@H](NC(C)=O)[C@@H](O)[C@@H]1O. The smallest absolute Gasteiger partial charge is 0.340 e. The van der Waals surface area contributed by atoms with E-state index in [1.54, 1.807) is 60.7 Å². The van der Waals surface area contributed by atoms with Gasteiger partial charge in [0.05, 0.1) is 12.2 Å². The maximum Gasteiger partial charge on any atom is 0.340 e. The van der Waals surface area contributed by atoms with Crippen molar-refractivity contribution >= 4 is 17.4 Å². The van der Waals surface area contributed by atoms with Crippen molar-refractivity contribution in [1.82, 2.24) is 5.32 Å². The number of cyclic esters (lactones) is 1. The molecule has 7 atom stereocenters. The van der Waals surface area contributed by atoms with Gasteiger partial charge in [0.2, 0.25) is 12.2 Å². The molecule has 10 heteroatoms. The molecule has 2 aliphatic rings. The molecule has 0 saturated carbocycles. The summed E-state index contributed by atoms with van der Waals surface area (Å²) in [5.74, 6) is -1.27. The Morgan fingerprint density at radius 3 is 2.31 bits per heavy atom. The molecule has 2 heterocycles. The number of benzene rings is 2. The topological polar surface area (TPSA) is 144 Å². The summed E-state index contributed by atoms with van der Waals surface area (Å²) < 4.78 is 22.5. The van der Waals surface area contributed by atoms with Crippen LogP contribution in [0.1, 0.15) is 24.2 Å². The molecule has 0 aliphatic carbocycles. The van der Waals surface area contributed by atoms with Crippen LogP contribution in [0.15, 0.2) is 66.2 Å². The molecule has 2 aromatic rings. The highest BCUT2D eigenvalue weighted by molar-refractivity contribution is 6.03. The summed E-state index contributed by atoms with van der Waals surface area (Å²) >= 11 is 0. The third kappa shape index (κ3) is 5.34. The highest BCUT2D eigenvalue weighted by Crippen LogP contribution is 2.40. The van der Waals surface area contributed by atoms with Gasteiger partial charge in [-0.1, -0.05) is 60.7 Å². The molecule has 192 valence electrons. The predicted molar refractivity (Wildman–Crippen MR) is 126 cm³/mol. The van der Waals surface area contributed by atoms with Crippen molar-refractivity contribution in [2.45, 2.75) is 50.0 Å². The lowest BCUT2D eigenvalue weighted by Crippen LogP contribution is -2.65. The molecule has 36 heavy (non-hydrogen) atoms. The number of hydrogen-bond acceptors (Lipinski definition) is 9. The Balaban J connectivity index is 1.72. The minimum absolute atomic E-state index is 0.00156. The van der Waals surface area contributed by atoms with E-state index in [9.17, 15) is 24.9 Å². The zero-order chi connectivity index (χ0) is 25.8. The Morgan fingerprint density at radius 2 is 1.69 bits per heavy atom. The molecule has 0 spiro atoms. The predicted octanol–water partition coefficient (Wildman–Crippen LogP) is 0.671. The lowest BCUT2D eigenvalue weighted by atomic mass is 9.93. The molecule has 0 bridgehead atoms. The van der Waals surface area contributed by atoms with Crippen LogP contribution < -0.4 is 5.32 Å². The van der Waals surface area contributed by atoms with Gasteiger partial charge in [0, 0.05) is 19.6 Å². The molecule has 1 saturated heterocycles. The fourth-order valence-corrected chi connectivity index (χ4v) is 4.38. The first-order valence-electron chi connectivity index (χ1n) is 11.5. The van der Waals surface area contributed by atoms with Crippen molar-refractivity contribution in [1.29, 1.82) is 0 Å². The number of carbonyl (C=O) groups excluding carboxylic acids is 2. The molecule has 0 unspecified atom stereocenters. The summed E-state index contributed by atoms with van der Waals surface area (Å²) in [6.07, 6.45) is -7.75. The fraction of sp³-hybridized carbons (Fsp3) is 0.385. The van der Waals surface area contributed by atoms with Gasteiger partial charge in [-0.2, -0.15) is 0 Å². The molecule has 4 rings (SSSR count). The molecule has 0 radical (unpaired) electrons. The second-order valence-electron chi connectivity index (χ2n) is 8.59. The fourth-order valence-electron chi connectivity index (χ4n) is 4.38. The molecule has 1 fully saturated rings. The average molecular weight is 500 g/mol. The van der Waals surface area contributed by atoms with Crippen molar-refractivity contribution in [2.75, 3.05) is 13.7 Å². The van der Waals surface area contributed by atoms with Crippen LogP contribution in [-0.4, -0.2) is 77.8 Å². The molecular formula is C26H29NO9. The van der Waals surface area contributed by atoms with Crippen molar-refractivity contribution in [2.24, 2.45) is 0 Å². The maximum atomic E-state index is 13.0. The largest absolute Gasteiger partial charge is 0.428 e. The van der Waals surface area contributed by atoms with Crippen LogP contribution in [0.2, 0.25) is 0 Å². The number of aliphatic hydroxyl groups excluding tert-OH is 3. The third-order valence-corrected chi connectivity index (χ3v) is 6.09. The van der Waals surface area contributed by atoms with E-state index in [-0.39, 0.29) is 17.8 Å². The molecular weight excluding hydrogens is 470 g/mol. The lowest BCUT2D eigenvalue weighted by Gasteiger charge is -2.43. The minimum atomic E-state index is -1.46. The number of nitrogens with one attached hydrogen (secondary N) is 1. The molecule has 1 amide bonds. The highest BCUT2D eigenvalue weighted by atomic mass is 16.8. The van der Waals surface area contributed by atoms with Crippen LogP contribution >= 0.6 is 0 Å². The van der Waals surface area contributed by atoms with Crippen molar-refractivity contribution in [3.05, 3.63) is 77.4 Å². The maximum absolute atomic E-state index is 13.0. The lowest BCUT2D eigenvalue weighted by molar-refractivity contribution is -0.297. The van der Waals surface area contributed by atoms with E-state index < -0.39 is 54.9 Å². The number of methoxy groups -OCH3 is 1. The molecule has 4 N–H and O–H groups in total. The van der Waals surface area contributed by atoms with Crippen LogP contribution in [-0.2, 0) is 28.5 Å². The second kappa shape index (κ2) is 11.3. The van der Waals surface area contributed by atoms with E-state index in [1.807, 2.05) is 0 Å². The summed E-state index contributed by atoms with van der Waals surface area (Å²) in [4.78, 5) is 24.9. The number of ether oxygens (including phenoxy) is 4. The van der Waals surface area contributed by atoms with Gasteiger partial charge in [0.15, 0.2) is 6.29 Å². The van der Waals surface area contributed by atoms with Gasteiger partial charge < -0.3 is 39.6 Å². The average Bonchev–Trinajstić information content (AvgIpc) is 3.20. The van der Waals surface area contributed by atoms with E-state index in [0.29, 0.717) is 11.1 Å². The molecule has 10 nitrogen and oxygen atoms in total. The third-order valence-electron chi connectivity index (χ3n) is 6.09. The van der Waals surface area contributed by atoms with Gasteiger partial charge in [-0.05, 0) is 11.1 Å². The number of carbonyl (C=O) groups is 2. The van der Waals surface area contributed by atoms with E-state index in [1.165, 1.54) is 14.0 Å². The van der Waals surface area contributed by atoms with Gasteiger partial charge in [-0.3, -0.25) is 4.79 Å². The quantitative estimate of drug-likeness (QED) is 0.385. The van der Waals surface area contributed by atoms with Crippen molar-refractivity contribution in [3.8, 4) is 0 Å². The van der Waals surface area contributed by atoms with Crippen LogP contribution in [0.5, 0.6) is 0 Å². The van der Waals surface area contributed by atoms with Crippen LogP contribution in [0.4, 0.5) is 0 Å². The van der Waals surface area contributed by atoms with Crippen LogP contribution in [0, 0.1) is 0 Å². The summed E-state index contributed by atoms with van der Waals surface area (Å²) in [7, 11) is 1.41. The number of amides is 1. The van der Waals surface area contributed by atoms with Gasteiger partial charge in [-0.15, -0.1) is 0 Å².